The summed E-state index contributed by atoms with van der Waals surface area (Å²) in [5.41, 5.74) is 1.63. The number of hydrogen-bond acceptors (Lipinski definition) is 6. The lowest BCUT2D eigenvalue weighted by atomic mass is 10.0. The summed E-state index contributed by atoms with van der Waals surface area (Å²) in [6.07, 6.45) is 1.82. The summed E-state index contributed by atoms with van der Waals surface area (Å²) in [6.45, 7) is 1.79. The normalized spacial score (nSPS) is 11.8. The fourth-order valence-corrected chi connectivity index (χ4v) is 6.78. The fourth-order valence-electron chi connectivity index (χ4n) is 5.09. The molecule has 9 nitrogen and oxygen atoms in total. The third-order valence-electron chi connectivity index (χ3n) is 7.70. The second-order valence-corrected chi connectivity index (χ2v) is 13.8. The van der Waals surface area contributed by atoms with E-state index in [1.807, 2.05) is 61.5 Å². The molecule has 0 saturated heterocycles. The minimum absolute atomic E-state index is 0.0263. The molecule has 0 fully saturated rings. The van der Waals surface area contributed by atoms with Crippen molar-refractivity contribution >= 4 is 43.5 Å². The van der Waals surface area contributed by atoms with Gasteiger partial charge in [-0.25, -0.2) is 12.8 Å². The lowest BCUT2D eigenvalue weighted by Gasteiger charge is -2.34. The predicted octanol–water partition coefficient (Wildman–Crippen LogP) is 6.36. The number of rotatable bonds is 16. The zero-order valence-corrected chi connectivity index (χ0v) is 29.5. The number of nitrogens with zero attached hydrogens (tertiary/aromatic N) is 2. The van der Waals surface area contributed by atoms with Crippen LogP contribution < -0.4 is 19.1 Å². The zero-order valence-electron chi connectivity index (χ0n) is 27.1. The van der Waals surface area contributed by atoms with Gasteiger partial charge in [0.15, 0.2) is 11.5 Å². The average Bonchev–Trinajstić information content (AvgIpc) is 3.10. The molecule has 0 unspecified atom stereocenters. The van der Waals surface area contributed by atoms with E-state index < -0.39 is 34.3 Å². The van der Waals surface area contributed by atoms with Crippen LogP contribution in [0.3, 0.4) is 0 Å². The highest BCUT2D eigenvalue weighted by Gasteiger charge is 2.35. The number of hydrogen-bond donors (Lipinski definition) is 1. The Hall–Kier alpha value is -4.42. The molecule has 0 bridgehead atoms. The van der Waals surface area contributed by atoms with Gasteiger partial charge in [0.2, 0.25) is 11.8 Å². The van der Waals surface area contributed by atoms with Gasteiger partial charge in [0, 0.05) is 30.0 Å². The summed E-state index contributed by atoms with van der Waals surface area (Å²) >= 11 is 3.44. The first-order valence-electron chi connectivity index (χ1n) is 15.4. The molecule has 0 radical (unpaired) electrons. The van der Waals surface area contributed by atoms with E-state index in [2.05, 4.69) is 21.2 Å². The number of anilines is 1. The monoisotopic (exact) mass is 739 g/mol. The number of methoxy groups -OCH3 is 2. The molecule has 0 spiro atoms. The van der Waals surface area contributed by atoms with Crippen molar-refractivity contribution in [2.24, 2.45) is 0 Å². The lowest BCUT2D eigenvalue weighted by molar-refractivity contribution is -0.140. The van der Waals surface area contributed by atoms with Crippen LogP contribution in [-0.2, 0) is 32.6 Å². The Labute approximate surface area is 289 Å². The van der Waals surface area contributed by atoms with Crippen LogP contribution in [0.25, 0.3) is 0 Å². The minimum Gasteiger partial charge on any atom is -0.493 e. The van der Waals surface area contributed by atoms with Gasteiger partial charge < -0.3 is 19.7 Å². The first-order valence-corrected chi connectivity index (χ1v) is 17.7. The zero-order chi connectivity index (χ0) is 34.7. The van der Waals surface area contributed by atoms with Crippen LogP contribution in [0.2, 0.25) is 0 Å². The van der Waals surface area contributed by atoms with Crippen LogP contribution in [0.5, 0.6) is 11.5 Å². The first kappa shape index (κ1) is 36.4. The Morgan fingerprint density at radius 1 is 0.875 bits per heavy atom. The van der Waals surface area contributed by atoms with Gasteiger partial charge in [-0.2, -0.15) is 0 Å². The summed E-state index contributed by atoms with van der Waals surface area (Å²) in [7, 11) is -1.62. The molecule has 1 N–H and O–H groups in total. The van der Waals surface area contributed by atoms with E-state index in [-0.39, 0.29) is 35.2 Å². The van der Waals surface area contributed by atoms with Crippen molar-refractivity contribution in [1.29, 1.82) is 0 Å². The summed E-state index contributed by atoms with van der Waals surface area (Å²) in [5.74, 6) is -1.06. The average molecular weight is 741 g/mol. The van der Waals surface area contributed by atoms with Gasteiger partial charge in [-0.15, -0.1) is 0 Å². The Balaban J connectivity index is 1.80. The van der Waals surface area contributed by atoms with Crippen molar-refractivity contribution in [3.05, 3.63) is 118 Å². The Morgan fingerprint density at radius 3 is 2.17 bits per heavy atom. The summed E-state index contributed by atoms with van der Waals surface area (Å²) < 4.78 is 55.0. The molecule has 254 valence electrons. The van der Waals surface area contributed by atoms with Crippen molar-refractivity contribution in [3.63, 3.8) is 0 Å². The van der Waals surface area contributed by atoms with Crippen molar-refractivity contribution in [1.82, 2.24) is 10.2 Å². The molecule has 0 aliphatic carbocycles. The molecule has 0 aliphatic rings. The summed E-state index contributed by atoms with van der Waals surface area (Å²) in [4.78, 5) is 29.6. The van der Waals surface area contributed by atoms with Crippen LogP contribution >= 0.6 is 15.9 Å². The fraction of sp³-hybridized carbons (Fsp3) is 0.278. The van der Waals surface area contributed by atoms with Gasteiger partial charge in [0.1, 0.15) is 18.4 Å². The van der Waals surface area contributed by atoms with Gasteiger partial charge in [-0.05, 0) is 66.1 Å². The molecule has 4 aromatic carbocycles. The van der Waals surface area contributed by atoms with Gasteiger partial charge in [-0.1, -0.05) is 71.7 Å². The third kappa shape index (κ3) is 9.35. The molecule has 2 amide bonds. The Bertz CT molecular complexity index is 1770. The maximum absolute atomic E-state index is 14.5. The smallest absolute Gasteiger partial charge is 0.264 e. The number of halogens is 2. The highest BCUT2D eigenvalue weighted by Crippen LogP contribution is 2.32. The van der Waals surface area contributed by atoms with Gasteiger partial charge in [-0.3, -0.25) is 13.9 Å². The summed E-state index contributed by atoms with van der Waals surface area (Å²) in [5, 5.41) is 2.97. The second-order valence-electron chi connectivity index (χ2n) is 11.0. The molecule has 48 heavy (non-hydrogen) atoms. The van der Waals surface area contributed by atoms with Crippen molar-refractivity contribution < 1.29 is 31.9 Å². The van der Waals surface area contributed by atoms with Crippen LogP contribution in [0, 0.1) is 5.82 Å². The van der Waals surface area contributed by atoms with Crippen LogP contribution in [0.1, 0.15) is 30.9 Å². The molecule has 0 aromatic heterocycles. The molecular formula is C36H39BrFN3O6S. The Kier molecular flexibility index (Phi) is 13.0. The lowest BCUT2D eigenvalue weighted by Crippen LogP contribution is -2.53. The van der Waals surface area contributed by atoms with Crippen molar-refractivity contribution in [3.8, 4) is 11.5 Å². The predicted molar refractivity (Wildman–Crippen MR) is 187 cm³/mol. The van der Waals surface area contributed by atoms with E-state index in [1.165, 1.54) is 49.5 Å². The molecule has 4 aromatic rings. The molecule has 0 aliphatic heterocycles. The van der Waals surface area contributed by atoms with Crippen LogP contribution in [-0.4, -0.2) is 58.5 Å². The minimum atomic E-state index is -4.43. The SMILES string of the molecule is CCCCNC(=O)[C@@H](Cc1ccccc1)N(Cc1ccc(Br)cc1)C(=O)CN(c1ccc(F)cc1)S(=O)(=O)c1ccc(OC)c(OC)c1. The highest BCUT2D eigenvalue weighted by atomic mass is 79.9. The maximum Gasteiger partial charge on any atom is 0.264 e. The standard InChI is InChI=1S/C36H39BrFN3O6S/c1-4-5-21-39-36(43)32(22-26-9-7-6-8-10-26)40(24-27-11-13-28(37)14-12-27)35(42)25-41(30-17-15-29(38)16-18-30)48(44,45)31-19-20-33(46-2)34(23-31)47-3/h6-20,23,32H,4-5,21-22,24-25H2,1-3H3,(H,39,43)/t32-/m1/s1. The quantitative estimate of drug-likeness (QED) is 0.134. The maximum atomic E-state index is 14.5. The van der Waals surface area contributed by atoms with Crippen LogP contribution in [0.15, 0.2) is 106 Å². The van der Waals surface area contributed by atoms with E-state index >= 15 is 0 Å². The first-order chi connectivity index (χ1) is 23.1. The number of ether oxygens (including phenoxy) is 2. The number of unbranched alkanes of at least 4 members (excludes halogenated alkanes) is 1. The largest absolute Gasteiger partial charge is 0.493 e. The third-order valence-corrected chi connectivity index (χ3v) is 10.0. The summed E-state index contributed by atoms with van der Waals surface area (Å²) in [6, 6.07) is 24.6. The van der Waals surface area contributed by atoms with Crippen molar-refractivity contribution in [2.45, 2.75) is 43.7 Å². The number of carbonyl (C=O) groups is 2. The number of sulfonamides is 1. The molecule has 4 rings (SSSR count). The van der Waals surface area contributed by atoms with Gasteiger partial charge in [0.05, 0.1) is 24.8 Å². The molecule has 12 heteroatoms. The van der Waals surface area contributed by atoms with E-state index in [1.54, 1.807) is 0 Å². The Morgan fingerprint density at radius 2 is 1.54 bits per heavy atom. The molecule has 0 saturated carbocycles. The van der Waals surface area contributed by atoms with Gasteiger partial charge in [0.25, 0.3) is 10.0 Å². The number of benzene rings is 4. The van der Waals surface area contributed by atoms with Gasteiger partial charge >= 0.3 is 0 Å². The van der Waals surface area contributed by atoms with Crippen LogP contribution in [0.4, 0.5) is 10.1 Å². The van der Waals surface area contributed by atoms with E-state index in [0.29, 0.717) is 12.3 Å². The topological polar surface area (TPSA) is 105 Å². The van der Waals surface area contributed by atoms with E-state index in [0.717, 1.165) is 44.9 Å². The number of nitrogens with one attached hydrogen (secondary N) is 1. The second kappa shape index (κ2) is 17.1. The highest BCUT2D eigenvalue weighted by molar-refractivity contribution is 9.10. The molecular weight excluding hydrogens is 701 g/mol. The van der Waals surface area contributed by atoms with E-state index in [9.17, 15) is 22.4 Å². The number of carbonyl (C=O) groups excluding carboxylic acids is 2. The van der Waals surface area contributed by atoms with Crippen molar-refractivity contribution in [2.75, 3.05) is 31.6 Å². The molecule has 0 heterocycles. The van der Waals surface area contributed by atoms with E-state index in [4.69, 9.17) is 9.47 Å². The number of amides is 2. The molecule has 1 atom stereocenters.